The molecule has 0 spiro atoms. The van der Waals surface area contributed by atoms with Crippen molar-refractivity contribution in [1.82, 2.24) is 10.2 Å². The molecule has 0 aromatic carbocycles. The van der Waals surface area contributed by atoms with Crippen molar-refractivity contribution in [3.63, 3.8) is 0 Å². The Kier molecular flexibility index (Phi) is 4.75. The molecule has 0 aliphatic carbocycles. The first kappa shape index (κ1) is 15.9. The zero-order chi connectivity index (χ0) is 16.3. The molecule has 2 N–H and O–H groups in total. The number of carbonyl (C=O) groups excluding carboxylic acids is 1. The number of nitrogens with one attached hydrogen (secondary N) is 1. The first-order chi connectivity index (χ1) is 10.4. The Morgan fingerprint density at radius 2 is 2.45 bits per heavy atom. The van der Waals surface area contributed by atoms with Gasteiger partial charge in [0.2, 0.25) is 0 Å². The largest absolute Gasteiger partial charge is 0.472 e. The number of thioether (sulfide) groups is 1. The van der Waals surface area contributed by atoms with Crippen LogP contribution in [-0.4, -0.2) is 45.2 Å². The Morgan fingerprint density at radius 1 is 1.73 bits per heavy atom. The summed E-state index contributed by atoms with van der Waals surface area (Å²) in [4.78, 5) is 38.6. The van der Waals surface area contributed by atoms with Crippen molar-refractivity contribution in [2.24, 2.45) is 0 Å². The van der Waals surface area contributed by atoms with Crippen LogP contribution in [0, 0.1) is 10.1 Å². The molecule has 0 radical (unpaired) electrons. The highest BCUT2D eigenvalue weighted by molar-refractivity contribution is 8.14. The summed E-state index contributed by atoms with van der Waals surface area (Å²) in [5.74, 6) is 0. The van der Waals surface area contributed by atoms with Crippen molar-refractivity contribution in [3.05, 3.63) is 34.3 Å². The van der Waals surface area contributed by atoms with Crippen molar-refractivity contribution in [1.29, 1.82) is 0 Å². The van der Waals surface area contributed by atoms with Crippen LogP contribution in [0.5, 0.6) is 0 Å². The molecule has 0 bridgehead atoms. The molecular weight excluding hydrogens is 318 g/mol. The average Bonchev–Trinajstić information content (AvgIpc) is 3.05. The molecule has 0 saturated carbocycles. The zero-order valence-corrected chi connectivity index (χ0v) is 12.2. The van der Waals surface area contributed by atoms with Gasteiger partial charge in [0.15, 0.2) is 0 Å². The highest BCUT2D eigenvalue weighted by Gasteiger charge is 2.43. The molecule has 2 rings (SSSR count). The van der Waals surface area contributed by atoms with Gasteiger partial charge in [-0.2, -0.15) is 0 Å². The first-order valence-corrected chi connectivity index (χ1v) is 7.06. The van der Waals surface area contributed by atoms with Crippen molar-refractivity contribution in [3.8, 4) is 0 Å². The third-order valence-electron chi connectivity index (χ3n) is 3.07. The van der Waals surface area contributed by atoms with Crippen LogP contribution in [0.15, 0.2) is 23.0 Å². The quantitative estimate of drug-likeness (QED) is 0.593. The number of furan rings is 1. The molecule has 1 saturated heterocycles. The van der Waals surface area contributed by atoms with Gasteiger partial charge in [-0.05, 0) is 13.0 Å². The predicted octanol–water partition coefficient (Wildman–Crippen LogP) is 1.68. The van der Waals surface area contributed by atoms with E-state index >= 15 is 0 Å². The van der Waals surface area contributed by atoms with Gasteiger partial charge in [-0.1, -0.05) is 11.8 Å². The lowest BCUT2D eigenvalue weighted by atomic mass is 10.1. The Hall–Kier alpha value is -2.43. The molecule has 10 nitrogen and oxygen atoms in total. The Balaban J connectivity index is 2.20. The average molecular weight is 331 g/mol. The minimum absolute atomic E-state index is 0.384. The third-order valence-corrected chi connectivity index (χ3v) is 4.19. The van der Waals surface area contributed by atoms with Crippen LogP contribution in [0.1, 0.15) is 17.7 Å². The van der Waals surface area contributed by atoms with E-state index in [1.54, 1.807) is 6.07 Å². The lowest BCUT2D eigenvalue weighted by Gasteiger charge is -2.33. The molecule has 120 valence electrons. The maximum Gasteiger partial charge on any atom is 0.409 e. The lowest BCUT2D eigenvalue weighted by molar-refractivity contribution is -0.758. The molecule has 1 aromatic heterocycles. The van der Waals surface area contributed by atoms with E-state index in [9.17, 15) is 24.8 Å². The number of hydrogen-bond acceptors (Lipinski definition) is 7. The number of nitrogens with zero attached hydrogens (tertiary/aromatic N) is 2. The van der Waals surface area contributed by atoms with E-state index in [4.69, 9.17) is 4.42 Å². The van der Waals surface area contributed by atoms with Crippen LogP contribution in [0.4, 0.5) is 9.59 Å². The summed E-state index contributed by atoms with van der Waals surface area (Å²) >= 11 is 0.929. The van der Waals surface area contributed by atoms with Crippen LogP contribution >= 0.6 is 11.8 Å². The maximum absolute atomic E-state index is 11.6. The second-order valence-corrected chi connectivity index (χ2v) is 5.64. The summed E-state index contributed by atoms with van der Waals surface area (Å²) in [6.45, 7) is 1.02. The van der Waals surface area contributed by atoms with Crippen LogP contribution in [0.2, 0.25) is 0 Å². The smallest absolute Gasteiger partial charge is 0.409 e. The first-order valence-electron chi connectivity index (χ1n) is 6.18. The maximum atomic E-state index is 11.6. The van der Waals surface area contributed by atoms with Gasteiger partial charge in [-0.3, -0.25) is 9.69 Å². The molecule has 3 atom stereocenters. The monoisotopic (exact) mass is 331 g/mol. The van der Waals surface area contributed by atoms with Gasteiger partial charge >= 0.3 is 6.09 Å². The van der Waals surface area contributed by atoms with Crippen molar-refractivity contribution < 1.29 is 29.0 Å². The summed E-state index contributed by atoms with van der Waals surface area (Å²) in [6.07, 6.45) is 0.641. The fraction of sp³-hybridized carbons (Fsp3) is 0.455. The van der Waals surface area contributed by atoms with Crippen LogP contribution < -0.4 is 5.32 Å². The van der Waals surface area contributed by atoms with Crippen molar-refractivity contribution >= 4 is 23.1 Å². The van der Waals surface area contributed by atoms with Gasteiger partial charge in [-0.25, -0.2) is 4.79 Å². The van der Waals surface area contributed by atoms with Crippen molar-refractivity contribution in [2.75, 3.05) is 6.61 Å². The van der Waals surface area contributed by atoms with Gasteiger partial charge in [0.1, 0.15) is 12.8 Å². The molecule has 3 unspecified atom stereocenters. The topological polar surface area (TPSA) is 135 Å². The highest BCUT2D eigenvalue weighted by atomic mass is 32.2. The fourth-order valence-electron chi connectivity index (χ4n) is 2.14. The third kappa shape index (κ3) is 3.42. The number of amides is 2. The number of rotatable bonds is 6. The molecule has 1 aliphatic heterocycles. The SMILES string of the molecule is CC(CO[N+](=O)[O-])N(C(=O)O)C1NC(=O)SC1c1ccoc1. The molecule has 1 aromatic rings. The number of hydrogen-bond donors (Lipinski definition) is 2. The Morgan fingerprint density at radius 3 is 3.00 bits per heavy atom. The van der Waals surface area contributed by atoms with Crippen LogP contribution in [0.25, 0.3) is 0 Å². The summed E-state index contributed by atoms with van der Waals surface area (Å²) in [7, 11) is 0. The van der Waals surface area contributed by atoms with E-state index in [1.807, 2.05) is 0 Å². The molecule has 22 heavy (non-hydrogen) atoms. The van der Waals surface area contributed by atoms with E-state index in [0.717, 1.165) is 16.7 Å². The van der Waals surface area contributed by atoms with Gasteiger partial charge in [0.25, 0.3) is 10.3 Å². The van der Waals surface area contributed by atoms with E-state index in [2.05, 4.69) is 10.2 Å². The Labute approximate surface area is 128 Å². The van der Waals surface area contributed by atoms with E-state index in [1.165, 1.54) is 19.5 Å². The summed E-state index contributed by atoms with van der Waals surface area (Å²) in [5, 5.41) is 20.3. The number of carbonyl (C=O) groups is 2. The van der Waals surface area contributed by atoms with Crippen molar-refractivity contribution in [2.45, 2.75) is 24.4 Å². The van der Waals surface area contributed by atoms with Gasteiger partial charge in [-0.15, -0.1) is 10.1 Å². The number of carboxylic acid groups (broad SMARTS) is 1. The molecule has 1 fully saturated rings. The van der Waals surface area contributed by atoms with Crippen LogP contribution in [0.3, 0.4) is 0 Å². The Bertz CT molecular complexity index is 564. The molecule has 11 heteroatoms. The summed E-state index contributed by atoms with van der Waals surface area (Å²) in [5.41, 5.74) is 0.641. The molecule has 1 aliphatic rings. The standard InChI is InChI=1S/C11H13N3O7S/c1-6(4-21-14(18)19)13(11(16)17)9-8(22-10(15)12-9)7-2-3-20-5-7/h2-3,5-6,8-9H,4H2,1H3,(H,12,15)(H,16,17). The minimum atomic E-state index is -1.32. The highest BCUT2D eigenvalue weighted by Crippen LogP contribution is 2.39. The molecule has 2 heterocycles. The molecular formula is C11H13N3O7S. The lowest BCUT2D eigenvalue weighted by Crippen LogP contribution is -2.53. The summed E-state index contributed by atoms with van der Waals surface area (Å²) < 4.78 is 4.96. The van der Waals surface area contributed by atoms with E-state index < -0.39 is 35.2 Å². The van der Waals surface area contributed by atoms with Crippen LogP contribution in [-0.2, 0) is 4.84 Å². The van der Waals surface area contributed by atoms with Gasteiger partial charge in [0, 0.05) is 5.56 Å². The molecule has 2 amide bonds. The minimum Gasteiger partial charge on any atom is -0.472 e. The van der Waals surface area contributed by atoms with Gasteiger partial charge in [0.05, 0.1) is 23.8 Å². The van der Waals surface area contributed by atoms with Gasteiger partial charge < -0.3 is 19.7 Å². The second kappa shape index (κ2) is 6.56. The summed E-state index contributed by atoms with van der Waals surface area (Å²) in [6, 6.07) is 0.796. The predicted molar refractivity (Wildman–Crippen MR) is 73.6 cm³/mol. The normalized spacial score (nSPS) is 22.0. The zero-order valence-electron chi connectivity index (χ0n) is 11.4. The van der Waals surface area contributed by atoms with E-state index in [-0.39, 0.29) is 5.24 Å². The fourth-order valence-corrected chi connectivity index (χ4v) is 3.16. The van der Waals surface area contributed by atoms with E-state index in [0.29, 0.717) is 5.56 Å². The second-order valence-electron chi connectivity index (χ2n) is 4.53.